The van der Waals surface area contributed by atoms with E-state index in [4.69, 9.17) is 0 Å². The Labute approximate surface area is 293 Å². The molecule has 1 aromatic heterocycles. The van der Waals surface area contributed by atoms with E-state index >= 15 is 0 Å². The van der Waals surface area contributed by atoms with E-state index in [1.165, 1.54) is 36.9 Å². The number of anilines is 1. The van der Waals surface area contributed by atoms with Gasteiger partial charge in [0.05, 0.1) is 5.69 Å². The Hall–Kier alpha value is -4.25. The molecule has 0 bridgehead atoms. The minimum Gasteiger partial charge on any atom is -0.369 e. The van der Waals surface area contributed by atoms with Crippen molar-refractivity contribution >= 4 is 66.0 Å². The van der Waals surface area contributed by atoms with Gasteiger partial charge >= 0.3 is 0 Å². The fourth-order valence-corrected chi connectivity index (χ4v) is 9.55. The Morgan fingerprint density at radius 2 is 1.18 bits per heavy atom. The predicted molar refractivity (Wildman–Crippen MR) is 209 cm³/mol. The van der Waals surface area contributed by atoms with E-state index in [0.29, 0.717) is 5.56 Å². The van der Waals surface area contributed by atoms with Crippen molar-refractivity contribution in [2.24, 2.45) is 0 Å². The third-order valence-electron chi connectivity index (χ3n) is 11.0. The summed E-state index contributed by atoms with van der Waals surface area (Å²) in [7, 11) is 0. The van der Waals surface area contributed by atoms with Gasteiger partial charge in [0.15, 0.2) is 6.23 Å². The molecule has 0 saturated carbocycles. The molecule has 3 nitrogen and oxygen atoms in total. The number of nitrogens with zero attached hydrogens (tertiary/aromatic N) is 1. The Morgan fingerprint density at radius 1 is 0.633 bits per heavy atom. The van der Waals surface area contributed by atoms with Crippen molar-refractivity contribution in [3.8, 4) is 0 Å². The summed E-state index contributed by atoms with van der Waals surface area (Å²) in [6.45, 7) is 20.1. The number of carbonyl (C=O) groups excluding carboxylic acids is 1. The van der Waals surface area contributed by atoms with E-state index in [1.54, 1.807) is 4.90 Å². The fraction of sp³-hybridized carbons (Fsp3) is 0.311. The van der Waals surface area contributed by atoms with E-state index in [1.807, 2.05) is 17.4 Å². The van der Waals surface area contributed by atoms with Crippen LogP contribution in [0.15, 0.2) is 84.9 Å². The molecule has 248 valence electrons. The van der Waals surface area contributed by atoms with Gasteiger partial charge in [0.2, 0.25) is 0 Å². The molecule has 0 saturated heterocycles. The van der Waals surface area contributed by atoms with Crippen LogP contribution < -0.4 is 4.90 Å². The average molecular weight is 664 g/mol. The predicted octanol–water partition coefficient (Wildman–Crippen LogP) is 12.3. The number of hydrogen-bond donors (Lipinski definition) is 1. The molecule has 49 heavy (non-hydrogen) atoms. The van der Waals surface area contributed by atoms with Gasteiger partial charge in [-0.05, 0) is 89.8 Å². The highest BCUT2D eigenvalue weighted by Crippen LogP contribution is 2.50. The van der Waals surface area contributed by atoms with E-state index < -0.39 is 6.23 Å². The van der Waals surface area contributed by atoms with Gasteiger partial charge in [0.1, 0.15) is 0 Å². The molecule has 1 N–H and O–H groups in total. The molecule has 8 rings (SSSR count). The molecule has 0 fully saturated rings. The molecular weight excluding hydrogens is 619 g/mol. The second-order valence-electron chi connectivity index (χ2n) is 16.2. The smallest absolute Gasteiger partial charge is 0.261 e. The third-order valence-corrected chi connectivity index (χ3v) is 12.8. The minimum atomic E-state index is -1.09. The van der Waals surface area contributed by atoms with Crippen molar-refractivity contribution in [2.45, 2.75) is 91.2 Å². The van der Waals surface area contributed by atoms with Crippen molar-refractivity contribution < 1.29 is 9.90 Å². The van der Waals surface area contributed by atoms with Crippen molar-refractivity contribution in [1.82, 2.24) is 0 Å². The van der Waals surface area contributed by atoms with Crippen molar-refractivity contribution in [3.05, 3.63) is 123 Å². The van der Waals surface area contributed by atoms with Crippen molar-refractivity contribution in [1.29, 1.82) is 0 Å². The highest BCUT2D eigenvalue weighted by Gasteiger charge is 2.38. The minimum absolute atomic E-state index is 0.113. The van der Waals surface area contributed by atoms with E-state index in [9.17, 15) is 9.90 Å². The zero-order valence-corrected chi connectivity index (χ0v) is 30.8. The lowest BCUT2D eigenvalue weighted by atomic mass is 9.77. The molecule has 4 heteroatoms. The molecule has 0 radical (unpaired) electrons. The number of aliphatic hydroxyl groups is 1. The quantitative estimate of drug-likeness (QED) is 0.147. The molecule has 2 heterocycles. The maximum atomic E-state index is 14.6. The SMILES string of the molecule is CC(C)c1cccc(C(C)C)c1N1C(=O)c2ccc3c4ccc(C(C)(C)c5ccc(C(C)(C)C)s5)c5cccc(c6ccc(c2c36)C1O)c54. The number of rotatable bonds is 5. The number of fused-ring (bicyclic) bond motifs is 2. The second kappa shape index (κ2) is 10.9. The molecular formula is C45H45NO2S. The Bertz CT molecular complexity index is 2410. The van der Waals surface area contributed by atoms with Crippen LogP contribution in [0.4, 0.5) is 5.69 Å². The number of carbonyl (C=O) groups is 1. The molecule has 1 aliphatic rings. The third kappa shape index (κ3) is 4.53. The van der Waals surface area contributed by atoms with Crippen LogP contribution in [-0.2, 0) is 10.8 Å². The number of para-hydroxylation sites is 1. The van der Waals surface area contributed by atoms with Crippen LogP contribution in [0, 0.1) is 0 Å². The number of benzene rings is 6. The van der Waals surface area contributed by atoms with Crippen LogP contribution in [0.1, 0.15) is 123 Å². The summed E-state index contributed by atoms with van der Waals surface area (Å²) < 4.78 is 0. The topological polar surface area (TPSA) is 40.5 Å². The Balaban J connectivity index is 1.37. The molecule has 6 aromatic carbocycles. The first kappa shape index (κ1) is 32.0. The summed E-state index contributed by atoms with van der Waals surface area (Å²) in [6.07, 6.45) is -1.09. The van der Waals surface area contributed by atoms with E-state index in [-0.39, 0.29) is 28.6 Å². The first-order valence-corrected chi connectivity index (χ1v) is 18.4. The summed E-state index contributed by atoms with van der Waals surface area (Å²) in [5.41, 5.74) is 5.66. The van der Waals surface area contributed by atoms with Gasteiger partial charge in [-0.15, -0.1) is 11.3 Å². The normalized spacial score (nSPS) is 15.7. The maximum Gasteiger partial charge on any atom is 0.261 e. The number of aliphatic hydroxyl groups excluding tert-OH is 1. The lowest BCUT2D eigenvalue weighted by molar-refractivity contribution is 0.0878. The standard InChI is InChI=1S/C45H45NO2S/c1-24(2)26-12-10-13-27(25(3)4)41(26)46-42(47)33-18-16-30-28-14-11-15-32-35(45(8,9)37-23-22-36(49-37)44(5,6)7)21-20-29(38(28)32)31-17-19-34(43(46)48)40(33)39(30)31/h10-25,42,47H,1-9H3. The van der Waals surface area contributed by atoms with Gasteiger partial charge in [-0.25, -0.2) is 0 Å². The highest BCUT2D eigenvalue weighted by atomic mass is 32.1. The Kier molecular flexibility index (Phi) is 7.10. The zero-order chi connectivity index (χ0) is 34.7. The second-order valence-corrected chi connectivity index (χ2v) is 17.3. The fourth-order valence-electron chi connectivity index (χ4n) is 8.37. The molecule has 1 amide bonds. The highest BCUT2D eigenvalue weighted by molar-refractivity contribution is 7.12. The molecule has 1 atom stereocenters. The summed E-state index contributed by atoms with van der Waals surface area (Å²) in [5.74, 6) is 0.237. The Morgan fingerprint density at radius 3 is 1.82 bits per heavy atom. The van der Waals surface area contributed by atoms with Crippen LogP contribution in [0.5, 0.6) is 0 Å². The monoisotopic (exact) mass is 663 g/mol. The summed E-state index contributed by atoms with van der Waals surface area (Å²) >= 11 is 1.92. The molecule has 1 unspecified atom stereocenters. The van der Waals surface area contributed by atoms with E-state index in [0.717, 1.165) is 43.9 Å². The molecule has 0 spiro atoms. The van der Waals surface area contributed by atoms with Crippen LogP contribution in [0.3, 0.4) is 0 Å². The summed E-state index contributed by atoms with van der Waals surface area (Å²) in [6, 6.07) is 30.5. The van der Waals surface area contributed by atoms with Crippen molar-refractivity contribution in [3.63, 3.8) is 0 Å². The number of hydrogen-bond acceptors (Lipinski definition) is 3. The summed E-state index contributed by atoms with van der Waals surface area (Å²) in [5, 5.41) is 21.2. The van der Waals surface area contributed by atoms with Gasteiger partial charge in [-0.2, -0.15) is 0 Å². The largest absolute Gasteiger partial charge is 0.369 e. The average Bonchev–Trinajstić information content (AvgIpc) is 3.59. The van der Waals surface area contributed by atoms with Crippen LogP contribution in [-0.4, -0.2) is 11.0 Å². The van der Waals surface area contributed by atoms with Gasteiger partial charge in [-0.3, -0.25) is 9.69 Å². The number of amides is 1. The molecule has 7 aromatic rings. The number of thiophene rings is 1. The first-order valence-electron chi connectivity index (χ1n) is 17.6. The van der Waals surface area contributed by atoms with E-state index in [2.05, 4.69) is 141 Å². The van der Waals surface area contributed by atoms with Crippen molar-refractivity contribution in [2.75, 3.05) is 4.90 Å². The van der Waals surface area contributed by atoms with Gasteiger partial charge in [0, 0.05) is 31.7 Å². The molecule has 1 aliphatic heterocycles. The first-order chi connectivity index (χ1) is 23.2. The van der Waals surface area contributed by atoms with Gasteiger partial charge in [-0.1, -0.05) is 129 Å². The van der Waals surface area contributed by atoms with Gasteiger partial charge in [0.25, 0.3) is 5.91 Å². The lowest BCUT2D eigenvalue weighted by Crippen LogP contribution is -2.39. The van der Waals surface area contributed by atoms with Crippen LogP contribution >= 0.6 is 11.3 Å². The summed E-state index contributed by atoms with van der Waals surface area (Å²) in [4.78, 5) is 19.1. The maximum absolute atomic E-state index is 14.6. The van der Waals surface area contributed by atoms with Gasteiger partial charge < -0.3 is 5.11 Å². The van der Waals surface area contributed by atoms with Crippen LogP contribution in [0.25, 0.3) is 43.1 Å². The molecule has 0 aliphatic carbocycles. The zero-order valence-electron chi connectivity index (χ0n) is 30.0. The van der Waals surface area contributed by atoms with Crippen LogP contribution in [0.2, 0.25) is 0 Å². The lowest BCUT2D eigenvalue weighted by Gasteiger charge is -2.38.